The van der Waals surface area contributed by atoms with Crippen molar-refractivity contribution in [3.63, 3.8) is 0 Å². The van der Waals surface area contributed by atoms with Crippen LogP contribution >= 0.6 is 0 Å². The smallest absolute Gasteiger partial charge is 0.271 e. The van der Waals surface area contributed by atoms with Gasteiger partial charge in [0.05, 0.1) is 6.54 Å². The fraction of sp³-hybridized carbons (Fsp3) is 0.636. The molecule has 0 atom stereocenters. The summed E-state index contributed by atoms with van der Waals surface area (Å²) in [4.78, 5) is 0. The van der Waals surface area contributed by atoms with Gasteiger partial charge in [0.15, 0.2) is 0 Å². The summed E-state index contributed by atoms with van der Waals surface area (Å²) in [6.45, 7) is 2.14. The maximum Gasteiger partial charge on any atom is 0.271 e. The van der Waals surface area contributed by atoms with Crippen LogP contribution in [-0.4, -0.2) is 28.7 Å². The molecule has 3 N–H and O–H groups in total. The first-order chi connectivity index (χ1) is 8.54. The normalized spacial score (nSPS) is 11.9. The van der Waals surface area contributed by atoms with Gasteiger partial charge in [-0.1, -0.05) is 0 Å². The highest BCUT2D eigenvalue weighted by Gasteiger charge is 2.12. The summed E-state index contributed by atoms with van der Waals surface area (Å²) >= 11 is 0. The van der Waals surface area contributed by atoms with Crippen LogP contribution in [0.2, 0.25) is 0 Å². The summed E-state index contributed by atoms with van der Waals surface area (Å²) in [5.74, 6) is 0.566. The Kier molecular flexibility index (Phi) is 6.34. The van der Waals surface area contributed by atoms with Crippen LogP contribution in [0.25, 0.3) is 0 Å². The molecule has 0 radical (unpaired) electrons. The Morgan fingerprint density at radius 1 is 1.33 bits per heavy atom. The SMILES string of the molecule is COCCCCCNCc1ccc(S(N)(=O)=O)o1. The van der Waals surface area contributed by atoms with Crippen molar-refractivity contribution >= 4 is 10.0 Å². The molecule has 1 aromatic rings. The van der Waals surface area contributed by atoms with E-state index in [9.17, 15) is 8.42 Å². The second-order valence-electron chi connectivity index (χ2n) is 4.00. The Hall–Kier alpha value is -0.890. The predicted octanol–water partition coefficient (Wildman–Crippen LogP) is 0.833. The molecule has 0 amide bonds. The zero-order valence-electron chi connectivity index (χ0n) is 10.5. The Morgan fingerprint density at radius 3 is 2.72 bits per heavy atom. The minimum Gasteiger partial charge on any atom is -0.447 e. The summed E-state index contributed by atoms with van der Waals surface area (Å²) in [5.41, 5.74) is 0. The van der Waals surface area contributed by atoms with E-state index in [1.165, 1.54) is 6.07 Å². The van der Waals surface area contributed by atoms with E-state index in [1.54, 1.807) is 13.2 Å². The first-order valence-electron chi connectivity index (χ1n) is 5.85. The Balaban J connectivity index is 2.18. The number of furan rings is 1. The molecular weight excluding hydrogens is 256 g/mol. The molecule has 7 heteroatoms. The lowest BCUT2D eigenvalue weighted by atomic mass is 10.2. The van der Waals surface area contributed by atoms with Gasteiger partial charge in [-0.25, -0.2) is 13.6 Å². The molecule has 0 saturated heterocycles. The third kappa shape index (κ3) is 5.63. The molecule has 18 heavy (non-hydrogen) atoms. The molecular formula is C11H20N2O4S. The Morgan fingerprint density at radius 2 is 2.11 bits per heavy atom. The first kappa shape index (κ1) is 15.2. The van der Waals surface area contributed by atoms with Crippen molar-refractivity contribution in [1.82, 2.24) is 5.32 Å². The molecule has 0 aromatic carbocycles. The number of nitrogens with two attached hydrogens (primary N) is 1. The van der Waals surface area contributed by atoms with Gasteiger partial charge in [0.25, 0.3) is 10.0 Å². The lowest BCUT2D eigenvalue weighted by Crippen LogP contribution is -2.14. The molecule has 1 rings (SSSR count). The van der Waals surface area contributed by atoms with Crippen molar-refractivity contribution in [2.75, 3.05) is 20.3 Å². The van der Waals surface area contributed by atoms with Gasteiger partial charge < -0.3 is 14.5 Å². The summed E-state index contributed by atoms with van der Waals surface area (Å²) in [6.07, 6.45) is 3.20. The minimum absolute atomic E-state index is 0.195. The number of primary sulfonamides is 1. The van der Waals surface area contributed by atoms with Crippen molar-refractivity contribution in [3.8, 4) is 0 Å². The molecule has 0 aliphatic carbocycles. The lowest BCUT2D eigenvalue weighted by Gasteiger charge is -2.02. The van der Waals surface area contributed by atoms with Gasteiger partial charge in [-0.05, 0) is 37.9 Å². The molecule has 1 heterocycles. The fourth-order valence-electron chi connectivity index (χ4n) is 1.49. The van der Waals surface area contributed by atoms with Crippen LogP contribution in [0.3, 0.4) is 0 Å². The van der Waals surface area contributed by atoms with E-state index in [0.29, 0.717) is 12.3 Å². The Bertz CT molecular complexity index is 442. The molecule has 0 bridgehead atoms. The average molecular weight is 276 g/mol. The van der Waals surface area contributed by atoms with Gasteiger partial charge >= 0.3 is 0 Å². The van der Waals surface area contributed by atoms with Crippen molar-refractivity contribution in [3.05, 3.63) is 17.9 Å². The number of rotatable bonds is 9. The predicted molar refractivity (Wildman–Crippen MR) is 67.5 cm³/mol. The van der Waals surface area contributed by atoms with E-state index in [2.05, 4.69) is 5.32 Å². The molecule has 0 spiro atoms. The number of sulfonamides is 1. The van der Waals surface area contributed by atoms with Crippen LogP contribution in [0.4, 0.5) is 0 Å². The highest BCUT2D eigenvalue weighted by atomic mass is 32.2. The van der Waals surface area contributed by atoms with Crippen LogP contribution in [-0.2, 0) is 21.3 Å². The van der Waals surface area contributed by atoms with Crippen LogP contribution in [0, 0.1) is 0 Å². The molecule has 0 aliphatic rings. The van der Waals surface area contributed by atoms with Gasteiger partial charge in [0.1, 0.15) is 5.76 Å². The van der Waals surface area contributed by atoms with E-state index >= 15 is 0 Å². The quantitative estimate of drug-likeness (QED) is 0.652. The number of unbranched alkanes of at least 4 members (excludes halogenated alkanes) is 2. The van der Waals surface area contributed by atoms with Gasteiger partial charge in [-0.3, -0.25) is 0 Å². The molecule has 0 saturated carbocycles. The van der Waals surface area contributed by atoms with Gasteiger partial charge in [-0.15, -0.1) is 0 Å². The van der Waals surface area contributed by atoms with E-state index in [4.69, 9.17) is 14.3 Å². The lowest BCUT2D eigenvalue weighted by molar-refractivity contribution is 0.192. The number of ether oxygens (including phenoxy) is 1. The maximum atomic E-state index is 11.0. The second kappa shape index (κ2) is 7.52. The summed E-state index contributed by atoms with van der Waals surface area (Å²) < 4.78 is 32.0. The van der Waals surface area contributed by atoms with Crippen LogP contribution in [0.5, 0.6) is 0 Å². The largest absolute Gasteiger partial charge is 0.447 e. The van der Waals surface area contributed by atoms with Gasteiger partial charge in [-0.2, -0.15) is 0 Å². The molecule has 0 unspecified atom stereocenters. The standard InChI is InChI=1S/C11H20N2O4S/c1-16-8-4-2-3-7-13-9-10-5-6-11(17-10)18(12,14)15/h5-6,13H,2-4,7-9H2,1H3,(H2,12,14,15). The average Bonchev–Trinajstić information content (AvgIpc) is 2.76. The molecule has 0 fully saturated rings. The van der Waals surface area contributed by atoms with Gasteiger partial charge in [0, 0.05) is 13.7 Å². The highest BCUT2D eigenvalue weighted by Crippen LogP contribution is 2.11. The maximum absolute atomic E-state index is 11.0. The Labute approximate surface area is 108 Å². The zero-order chi connectivity index (χ0) is 13.4. The van der Waals surface area contributed by atoms with Crippen LogP contribution in [0.1, 0.15) is 25.0 Å². The number of nitrogens with one attached hydrogen (secondary N) is 1. The number of hydrogen-bond donors (Lipinski definition) is 2. The third-order valence-electron chi connectivity index (χ3n) is 2.42. The minimum atomic E-state index is -3.74. The molecule has 1 aromatic heterocycles. The summed E-state index contributed by atoms with van der Waals surface area (Å²) in [7, 11) is -2.04. The van der Waals surface area contributed by atoms with Gasteiger partial charge in [0.2, 0.25) is 5.09 Å². The van der Waals surface area contributed by atoms with Crippen molar-refractivity contribution in [2.24, 2.45) is 5.14 Å². The number of methoxy groups -OCH3 is 1. The molecule has 6 nitrogen and oxygen atoms in total. The topological polar surface area (TPSA) is 94.6 Å². The summed E-state index contributed by atoms with van der Waals surface area (Å²) in [6, 6.07) is 2.97. The summed E-state index contributed by atoms with van der Waals surface area (Å²) in [5, 5.41) is 7.92. The van der Waals surface area contributed by atoms with Crippen molar-refractivity contribution in [1.29, 1.82) is 0 Å². The van der Waals surface area contributed by atoms with E-state index in [1.807, 2.05) is 0 Å². The zero-order valence-corrected chi connectivity index (χ0v) is 11.3. The second-order valence-corrected chi connectivity index (χ2v) is 5.49. The van der Waals surface area contributed by atoms with E-state index in [-0.39, 0.29) is 5.09 Å². The highest BCUT2D eigenvalue weighted by molar-refractivity contribution is 7.89. The monoisotopic (exact) mass is 276 g/mol. The first-order valence-corrected chi connectivity index (χ1v) is 7.40. The third-order valence-corrected chi connectivity index (χ3v) is 3.20. The molecule has 0 aliphatic heterocycles. The number of hydrogen-bond acceptors (Lipinski definition) is 5. The van der Waals surface area contributed by atoms with Crippen LogP contribution < -0.4 is 10.5 Å². The molecule has 104 valence electrons. The van der Waals surface area contributed by atoms with E-state index in [0.717, 1.165) is 32.4 Å². The van der Waals surface area contributed by atoms with Crippen LogP contribution in [0.15, 0.2) is 21.6 Å². The fourth-order valence-corrected chi connectivity index (χ4v) is 1.97. The van der Waals surface area contributed by atoms with Crippen molar-refractivity contribution in [2.45, 2.75) is 30.9 Å². The van der Waals surface area contributed by atoms with Crippen molar-refractivity contribution < 1.29 is 17.6 Å². The van der Waals surface area contributed by atoms with E-state index < -0.39 is 10.0 Å².